The Kier molecular flexibility index (Phi) is 2.45. The van der Waals surface area contributed by atoms with Crippen LogP contribution in [-0.4, -0.2) is 30.7 Å². The molecule has 1 N–H and O–H groups in total. The van der Waals surface area contributed by atoms with E-state index >= 15 is 0 Å². The first-order valence-electron chi connectivity index (χ1n) is 3.22. The maximum Gasteiger partial charge on any atom is 0.147 e. The van der Waals surface area contributed by atoms with Crippen molar-refractivity contribution in [3.63, 3.8) is 0 Å². The van der Waals surface area contributed by atoms with Crippen LogP contribution in [0.4, 0.5) is 0 Å². The van der Waals surface area contributed by atoms with E-state index in [2.05, 4.69) is 0 Å². The zero-order valence-electron chi connectivity index (χ0n) is 5.54. The third-order valence-corrected chi connectivity index (χ3v) is 1.49. The van der Waals surface area contributed by atoms with Crippen molar-refractivity contribution in [2.45, 2.75) is 25.6 Å². The van der Waals surface area contributed by atoms with E-state index in [0.717, 1.165) is 6.42 Å². The number of aliphatic hydroxyl groups is 1. The number of hydrogen-bond acceptors (Lipinski definition) is 3. The zero-order valence-corrected chi connectivity index (χ0v) is 5.54. The molecule has 1 aliphatic rings. The van der Waals surface area contributed by atoms with Crippen LogP contribution in [0.2, 0.25) is 0 Å². The van der Waals surface area contributed by atoms with Crippen LogP contribution in [-0.2, 0) is 9.47 Å². The van der Waals surface area contributed by atoms with E-state index in [1.165, 1.54) is 0 Å². The summed E-state index contributed by atoms with van der Waals surface area (Å²) in [6, 6.07) is 0. The molecular weight excluding hydrogens is 120 g/mol. The molecule has 2 atom stereocenters. The highest BCUT2D eigenvalue weighted by molar-refractivity contribution is 4.68. The summed E-state index contributed by atoms with van der Waals surface area (Å²) in [7, 11) is 0. The lowest BCUT2D eigenvalue weighted by Crippen LogP contribution is -2.38. The van der Waals surface area contributed by atoms with E-state index in [1.54, 1.807) is 0 Å². The first-order chi connectivity index (χ1) is 4.34. The maximum atomic E-state index is 9.12. The summed E-state index contributed by atoms with van der Waals surface area (Å²) >= 11 is 0. The largest absolute Gasteiger partial charge is 0.388 e. The molecule has 0 unspecified atom stereocenters. The molecule has 54 valence electrons. The van der Waals surface area contributed by atoms with Gasteiger partial charge in [0.1, 0.15) is 12.9 Å². The lowest BCUT2D eigenvalue weighted by molar-refractivity contribution is -0.193. The Morgan fingerprint density at radius 2 is 2.44 bits per heavy atom. The fraction of sp³-hybridized carbons (Fsp3) is 1.00. The quantitative estimate of drug-likeness (QED) is 0.551. The number of rotatable bonds is 1. The Bertz CT molecular complexity index is 84.4. The van der Waals surface area contributed by atoms with Crippen LogP contribution in [0.5, 0.6) is 0 Å². The molecule has 0 saturated carbocycles. The smallest absolute Gasteiger partial charge is 0.147 e. The standard InChI is InChI=1S/C6H12O3/c1-2-6-5(7)3-8-4-9-6/h5-7H,2-4H2,1H3/t5-,6-/m1/s1. The topological polar surface area (TPSA) is 38.7 Å². The molecule has 9 heavy (non-hydrogen) atoms. The van der Waals surface area contributed by atoms with E-state index in [1.807, 2.05) is 6.92 Å². The Hall–Kier alpha value is -0.120. The summed E-state index contributed by atoms with van der Waals surface area (Å²) in [5.41, 5.74) is 0. The van der Waals surface area contributed by atoms with Gasteiger partial charge < -0.3 is 14.6 Å². The lowest BCUT2D eigenvalue weighted by atomic mass is 10.1. The summed E-state index contributed by atoms with van der Waals surface area (Å²) in [6.07, 6.45) is 0.410. The van der Waals surface area contributed by atoms with Crippen LogP contribution < -0.4 is 0 Å². The van der Waals surface area contributed by atoms with Gasteiger partial charge in [-0.25, -0.2) is 0 Å². The molecule has 0 amide bonds. The second-order valence-corrected chi connectivity index (χ2v) is 2.17. The average molecular weight is 132 g/mol. The first-order valence-corrected chi connectivity index (χ1v) is 3.22. The van der Waals surface area contributed by atoms with Gasteiger partial charge in [0.25, 0.3) is 0 Å². The Balaban J connectivity index is 2.30. The zero-order chi connectivity index (χ0) is 6.69. The minimum atomic E-state index is -0.427. The summed E-state index contributed by atoms with van der Waals surface area (Å²) in [4.78, 5) is 0. The van der Waals surface area contributed by atoms with Crippen LogP contribution >= 0.6 is 0 Å². The molecule has 0 bridgehead atoms. The summed E-state index contributed by atoms with van der Waals surface area (Å²) in [5.74, 6) is 0. The van der Waals surface area contributed by atoms with Crippen molar-refractivity contribution in [3.05, 3.63) is 0 Å². The van der Waals surface area contributed by atoms with Crippen molar-refractivity contribution in [1.29, 1.82) is 0 Å². The van der Waals surface area contributed by atoms with Gasteiger partial charge in [0.15, 0.2) is 0 Å². The van der Waals surface area contributed by atoms with Gasteiger partial charge in [-0.2, -0.15) is 0 Å². The molecule has 0 radical (unpaired) electrons. The van der Waals surface area contributed by atoms with Gasteiger partial charge in [0.05, 0.1) is 12.7 Å². The van der Waals surface area contributed by atoms with Crippen LogP contribution in [0.15, 0.2) is 0 Å². The monoisotopic (exact) mass is 132 g/mol. The molecular formula is C6H12O3. The van der Waals surface area contributed by atoms with Crippen molar-refractivity contribution in [2.24, 2.45) is 0 Å². The van der Waals surface area contributed by atoms with Gasteiger partial charge >= 0.3 is 0 Å². The second-order valence-electron chi connectivity index (χ2n) is 2.17. The number of aliphatic hydroxyl groups excluding tert-OH is 1. The summed E-state index contributed by atoms with van der Waals surface area (Å²) < 4.78 is 9.91. The van der Waals surface area contributed by atoms with Crippen LogP contribution in [0.3, 0.4) is 0 Å². The Labute approximate surface area is 54.6 Å². The molecule has 1 heterocycles. The summed E-state index contributed by atoms with van der Waals surface area (Å²) in [6.45, 7) is 2.73. The SMILES string of the molecule is CC[C@H]1OCOC[C@H]1O. The second kappa shape index (κ2) is 3.15. The Morgan fingerprint density at radius 1 is 1.67 bits per heavy atom. The van der Waals surface area contributed by atoms with E-state index in [0.29, 0.717) is 13.4 Å². The van der Waals surface area contributed by atoms with Crippen LogP contribution in [0.25, 0.3) is 0 Å². The third kappa shape index (κ3) is 1.64. The minimum absolute atomic E-state index is 0.0150. The molecule has 1 aliphatic heterocycles. The molecule has 0 aromatic rings. The normalized spacial score (nSPS) is 36.7. The molecule has 0 aromatic carbocycles. The van der Waals surface area contributed by atoms with Gasteiger partial charge in [0, 0.05) is 0 Å². The highest BCUT2D eigenvalue weighted by Crippen LogP contribution is 2.09. The van der Waals surface area contributed by atoms with Gasteiger partial charge in [-0.05, 0) is 6.42 Å². The molecule has 0 spiro atoms. The van der Waals surface area contributed by atoms with E-state index in [4.69, 9.17) is 14.6 Å². The molecule has 3 heteroatoms. The van der Waals surface area contributed by atoms with Crippen LogP contribution in [0.1, 0.15) is 13.3 Å². The predicted octanol–water partition coefficient (Wildman–Crippen LogP) is 0.130. The van der Waals surface area contributed by atoms with Gasteiger partial charge in [0.2, 0.25) is 0 Å². The molecule has 1 fully saturated rings. The maximum absolute atomic E-state index is 9.12. The van der Waals surface area contributed by atoms with Crippen molar-refractivity contribution >= 4 is 0 Å². The number of ether oxygens (including phenoxy) is 2. The molecule has 1 rings (SSSR count). The number of hydrogen-bond donors (Lipinski definition) is 1. The molecule has 0 aromatic heterocycles. The van der Waals surface area contributed by atoms with Crippen molar-refractivity contribution in [2.75, 3.05) is 13.4 Å². The third-order valence-electron chi connectivity index (χ3n) is 1.49. The van der Waals surface area contributed by atoms with Gasteiger partial charge in [-0.15, -0.1) is 0 Å². The predicted molar refractivity (Wildman–Crippen MR) is 32.0 cm³/mol. The fourth-order valence-electron chi connectivity index (χ4n) is 0.913. The van der Waals surface area contributed by atoms with Crippen molar-refractivity contribution in [3.8, 4) is 0 Å². The molecule has 3 nitrogen and oxygen atoms in total. The van der Waals surface area contributed by atoms with Crippen molar-refractivity contribution < 1.29 is 14.6 Å². The van der Waals surface area contributed by atoms with Crippen molar-refractivity contribution in [1.82, 2.24) is 0 Å². The summed E-state index contributed by atoms with van der Waals surface area (Å²) in [5, 5.41) is 9.12. The first kappa shape index (κ1) is 6.99. The minimum Gasteiger partial charge on any atom is -0.388 e. The van der Waals surface area contributed by atoms with E-state index in [9.17, 15) is 0 Å². The van der Waals surface area contributed by atoms with E-state index in [-0.39, 0.29) is 6.10 Å². The highest BCUT2D eigenvalue weighted by atomic mass is 16.7. The van der Waals surface area contributed by atoms with Crippen LogP contribution in [0, 0.1) is 0 Å². The molecule has 1 saturated heterocycles. The van der Waals surface area contributed by atoms with Gasteiger partial charge in [-0.3, -0.25) is 0 Å². The average Bonchev–Trinajstić information content (AvgIpc) is 1.89. The highest BCUT2D eigenvalue weighted by Gasteiger charge is 2.21. The van der Waals surface area contributed by atoms with E-state index < -0.39 is 6.10 Å². The molecule has 0 aliphatic carbocycles. The van der Waals surface area contributed by atoms with Gasteiger partial charge in [-0.1, -0.05) is 6.92 Å². The Morgan fingerprint density at radius 3 is 2.89 bits per heavy atom. The fourth-order valence-corrected chi connectivity index (χ4v) is 0.913. The lowest BCUT2D eigenvalue weighted by Gasteiger charge is -2.26.